The van der Waals surface area contributed by atoms with Crippen molar-refractivity contribution in [2.45, 2.75) is 32.7 Å². The molecule has 0 bridgehead atoms. The van der Waals surface area contributed by atoms with E-state index in [1.807, 2.05) is 6.92 Å². The highest BCUT2D eigenvalue weighted by molar-refractivity contribution is 9.10. The molecule has 1 aromatic carbocycles. The first-order valence-electron chi connectivity index (χ1n) is 7.88. The van der Waals surface area contributed by atoms with Gasteiger partial charge in [0.05, 0.1) is 12.2 Å². The molecule has 0 fully saturated rings. The smallest absolute Gasteiger partial charge is 0.251 e. The Bertz CT molecular complexity index is 697. The van der Waals surface area contributed by atoms with E-state index in [1.165, 1.54) is 0 Å². The molecule has 1 atom stereocenters. The average molecular weight is 393 g/mol. The van der Waals surface area contributed by atoms with Gasteiger partial charge in [-0.1, -0.05) is 22.9 Å². The van der Waals surface area contributed by atoms with Crippen molar-refractivity contribution in [1.29, 1.82) is 0 Å². The molecule has 128 valence electrons. The van der Waals surface area contributed by atoms with E-state index in [-0.39, 0.29) is 30.8 Å². The molecule has 1 unspecified atom stereocenters. The molecule has 2 rings (SSSR count). The molecule has 1 aromatic heterocycles. The normalized spacial score (nSPS) is 11.8. The number of halogens is 1. The number of anilines is 1. The first-order chi connectivity index (χ1) is 11.5. The van der Waals surface area contributed by atoms with Crippen LogP contribution < -0.4 is 10.6 Å². The van der Waals surface area contributed by atoms with Crippen molar-refractivity contribution in [1.82, 2.24) is 15.1 Å². The van der Waals surface area contributed by atoms with Gasteiger partial charge in [-0.2, -0.15) is 5.10 Å². The number of nitrogens with one attached hydrogen (secondary N) is 2. The summed E-state index contributed by atoms with van der Waals surface area (Å²) < 4.78 is 2.70. The van der Waals surface area contributed by atoms with Gasteiger partial charge >= 0.3 is 0 Å². The lowest BCUT2D eigenvalue weighted by atomic mass is 10.2. The minimum Gasteiger partial charge on any atom is -0.352 e. The molecule has 0 radical (unpaired) electrons. The highest BCUT2D eigenvalue weighted by Gasteiger charge is 2.11. The predicted molar refractivity (Wildman–Crippen MR) is 97.0 cm³/mol. The lowest BCUT2D eigenvalue weighted by Crippen LogP contribution is -2.28. The van der Waals surface area contributed by atoms with Crippen LogP contribution in [0.15, 0.2) is 41.0 Å². The van der Waals surface area contributed by atoms with E-state index in [1.54, 1.807) is 41.2 Å². The monoisotopic (exact) mass is 392 g/mol. The molecule has 1 heterocycles. The number of carbonyl (C=O) groups excluding carboxylic acids is 2. The highest BCUT2D eigenvalue weighted by atomic mass is 79.9. The summed E-state index contributed by atoms with van der Waals surface area (Å²) in [4.78, 5) is 24.0. The molecule has 7 heteroatoms. The molecular weight excluding hydrogens is 372 g/mol. The Morgan fingerprint density at radius 1 is 1.25 bits per heavy atom. The van der Waals surface area contributed by atoms with Gasteiger partial charge in [-0.15, -0.1) is 0 Å². The van der Waals surface area contributed by atoms with Crippen LogP contribution in [0.2, 0.25) is 0 Å². The van der Waals surface area contributed by atoms with Crippen molar-refractivity contribution in [3.63, 3.8) is 0 Å². The molecule has 2 N–H and O–H groups in total. The first kappa shape index (κ1) is 18.2. The second-order valence-corrected chi connectivity index (χ2v) is 6.39. The van der Waals surface area contributed by atoms with Gasteiger partial charge in [-0.3, -0.25) is 9.59 Å². The van der Waals surface area contributed by atoms with Crippen molar-refractivity contribution >= 4 is 33.6 Å². The Balaban J connectivity index is 1.80. The van der Waals surface area contributed by atoms with E-state index in [4.69, 9.17) is 0 Å². The van der Waals surface area contributed by atoms with Gasteiger partial charge in [0, 0.05) is 29.1 Å². The summed E-state index contributed by atoms with van der Waals surface area (Å²) in [5.74, 6) is 0.324. The second-order valence-electron chi connectivity index (χ2n) is 5.48. The van der Waals surface area contributed by atoms with Gasteiger partial charge in [0.15, 0.2) is 0 Å². The van der Waals surface area contributed by atoms with Crippen molar-refractivity contribution in [2.24, 2.45) is 0 Å². The number of hydrogen-bond acceptors (Lipinski definition) is 3. The van der Waals surface area contributed by atoms with Crippen LogP contribution in [-0.2, 0) is 4.79 Å². The number of aromatic nitrogens is 2. The van der Waals surface area contributed by atoms with Gasteiger partial charge in [-0.25, -0.2) is 4.68 Å². The van der Waals surface area contributed by atoms with Crippen LogP contribution in [0, 0.1) is 0 Å². The van der Waals surface area contributed by atoms with Crippen molar-refractivity contribution in [3.8, 4) is 0 Å². The number of nitrogens with zero attached hydrogens (tertiary/aromatic N) is 2. The van der Waals surface area contributed by atoms with Gasteiger partial charge in [0.2, 0.25) is 5.91 Å². The molecule has 24 heavy (non-hydrogen) atoms. The van der Waals surface area contributed by atoms with E-state index in [0.717, 1.165) is 10.9 Å². The van der Waals surface area contributed by atoms with Crippen LogP contribution in [0.4, 0.5) is 5.82 Å². The summed E-state index contributed by atoms with van der Waals surface area (Å²) in [7, 11) is 0. The lowest BCUT2D eigenvalue weighted by Gasteiger charge is -2.14. The summed E-state index contributed by atoms with van der Waals surface area (Å²) in [5.41, 5.74) is 0.563. The number of rotatable bonds is 7. The molecule has 0 saturated carbocycles. The summed E-state index contributed by atoms with van der Waals surface area (Å²) in [5, 5.41) is 9.79. The van der Waals surface area contributed by atoms with Gasteiger partial charge in [0.1, 0.15) is 5.82 Å². The van der Waals surface area contributed by atoms with Crippen molar-refractivity contribution in [3.05, 3.63) is 46.6 Å². The third kappa shape index (κ3) is 4.92. The zero-order valence-electron chi connectivity index (χ0n) is 13.8. The first-order valence-corrected chi connectivity index (χ1v) is 8.67. The van der Waals surface area contributed by atoms with E-state index in [9.17, 15) is 9.59 Å². The quantitative estimate of drug-likeness (QED) is 0.757. The number of benzene rings is 1. The summed E-state index contributed by atoms with van der Waals surface area (Å²) in [6, 6.07) is 9.04. The van der Waals surface area contributed by atoms with Crippen LogP contribution in [-0.4, -0.2) is 28.1 Å². The number of hydrogen-bond donors (Lipinski definition) is 2. The van der Waals surface area contributed by atoms with Gasteiger partial charge in [-0.05, 0) is 37.6 Å². The van der Waals surface area contributed by atoms with E-state index >= 15 is 0 Å². The Morgan fingerprint density at radius 3 is 2.62 bits per heavy atom. The van der Waals surface area contributed by atoms with Crippen LogP contribution in [0.25, 0.3) is 0 Å². The summed E-state index contributed by atoms with van der Waals surface area (Å²) >= 11 is 3.32. The van der Waals surface area contributed by atoms with Crippen molar-refractivity contribution < 1.29 is 9.59 Å². The minimum atomic E-state index is -0.194. The summed E-state index contributed by atoms with van der Waals surface area (Å²) in [6.07, 6.45) is 2.79. The molecule has 0 aliphatic rings. The maximum absolute atomic E-state index is 12.0. The van der Waals surface area contributed by atoms with Crippen LogP contribution in [0.3, 0.4) is 0 Å². The number of carbonyl (C=O) groups is 2. The summed E-state index contributed by atoms with van der Waals surface area (Å²) in [6.45, 7) is 4.38. The minimum absolute atomic E-state index is 0.156. The largest absolute Gasteiger partial charge is 0.352 e. The zero-order chi connectivity index (χ0) is 17.5. The molecule has 0 spiro atoms. The maximum atomic E-state index is 12.0. The topological polar surface area (TPSA) is 76.0 Å². The maximum Gasteiger partial charge on any atom is 0.251 e. The third-order valence-corrected chi connectivity index (χ3v) is 4.22. The molecule has 2 aromatic rings. The second kappa shape index (κ2) is 8.63. The molecule has 0 aliphatic carbocycles. The fourth-order valence-corrected chi connectivity index (χ4v) is 2.40. The average Bonchev–Trinajstić information content (AvgIpc) is 3.02. The Hall–Kier alpha value is -2.15. The standard InChI is InChI=1S/C17H21BrN4O2/c1-3-12(2)22-15(8-11-20-22)21-16(23)9-10-19-17(24)13-4-6-14(18)7-5-13/h4-8,11-12H,3,9-10H2,1-2H3,(H,19,24)(H,21,23). The number of amides is 2. The Morgan fingerprint density at radius 2 is 1.96 bits per heavy atom. The van der Waals surface area contributed by atoms with Crippen LogP contribution >= 0.6 is 15.9 Å². The molecule has 2 amide bonds. The van der Waals surface area contributed by atoms with E-state index in [0.29, 0.717) is 11.4 Å². The van der Waals surface area contributed by atoms with Crippen molar-refractivity contribution in [2.75, 3.05) is 11.9 Å². The van der Waals surface area contributed by atoms with Gasteiger partial charge in [0.25, 0.3) is 5.91 Å². The fraction of sp³-hybridized carbons (Fsp3) is 0.353. The Labute approximate surface area is 149 Å². The molecule has 0 aliphatic heterocycles. The highest BCUT2D eigenvalue weighted by Crippen LogP contribution is 2.16. The van der Waals surface area contributed by atoms with E-state index < -0.39 is 0 Å². The van der Waals surface area contributed by atoms with Gasteiger partial charge < -0.3 is 10.6 Å². The van der Waals surface area contributed by atoms with E-state index in [2.05, 4.69) is 38.6 Å². The van der Waals surface area contributed by atoms with Crippen LogP contribution in [0.5, 0.6) is 0 Å². The van der Waals surface area contributed by atoms with Crippen LogP contribution in [0.1, 0.15) is 43.1 Å². The lowest BCUT2D eigenvalue weighted by molar-refractivity contribution is -0.116. The predicted octanol–water partition coefficient (Wildman–Crippen LogP) is 3.38. The molecule has 0 saturated heterocycles. The molecule has 6 nitrogen and oxygen atoms in total. The Kier molecular flexibility index (Phi) is 6.54. The molecular formula is C17H21BrN4O2. The zero-order valence-corrected chi connectivity index (χ0v) is 15.3. The third-order valence-electron chi connectivity index (χ3n) is 3.69. The fourth-order valence-electron chi connectivity index (χ4n) is 2.14. The SMILES string of the molecule is CCC(C)n1nccc1NC(=O)CCNC(=O)c1ccc(Br)cc1.